The van der Waals surface area contributed by atoms with Gasteiger partial charge in [-0.15, -0.1) is 0 Å². The molecule has 2 heteroatoms. The third kappa shape index (κ3) is 3.22. The summed E-state index contributed by atoms with van der Waals surface area (Å²) in [4.78, 5) is 0. The van der Waals surface area contributed by atoms with Gasteiger partial charge in [-0.05, 0) is 32.0 Å². The van der Waals surface area contributed by atoms with Gasteiger partial charge >= 0.3 is 0 Å². The van der Waals surface area contributed by atoms with Crippen molar-refractivity contribution in [1.29, 1.82) is 0 Å². The molecule has 0 fully saturated rings. The lowest BCUT2D eigenvalue weighted by Crippen LogP contribution is -2.29. The molecule has 2 aromatic rings. The average molecular weight is 254 g/mol. The van der Waals surface area contributed by atoms with Crippen molar-refractivity contribution >= 4 is 0 Å². The van der Waals surface area contributed by atoms with Crippen LogP contribution in [0.15, 0.2) is 48.5 Å². The summed E-state index contributed by atoms with van der Waals surface area (Å²) in [6.07, 6.45) is 0. The molecule has 0 aliphatic rings. The summed E-state index contributed by atoms with van der Waals surface area (Å²) in [6, 6.07) is 17.1. The fraction of sp³-hybridized carbons (Fsp3) is 0.294. The SMILES string of the molecule is CNC(c1ccc(C)cc1)C(N)c1ccc(C)cc1. The molecule has 2 rings (SSSR count). The topological polar surface area (TPSA) is 38.0 Å². The van der Waals surface area contributed by atoms with Crippen LogP contribution in [0.1, 0.15) is 34.3 Å². The van der Waals surface area contributed by atoms with Gasteiger partial charge < -0.3 is 11.1 Å². The van der Waals surface area contributed by atoms with Crippen LogP contribution in [0, 0.1) is 13.8 Å². The second-order valence-electron chi connectivity index (χ2n) is 5.11. The van der Waals surface area contributed by atoms with Crippen molar-refractivity contribution in [2.45, 2.75) is 25.9 Å². The van der Waals surface area contributed by atoms with Gasteiger partial charge in [-0.25, -0.2) is 0 Å². The number of likely N-dealkylation sites (N-methyl/N-ethyl adjacent to an activating group) is 1. The summed E-state index contributed by atoms with van der Waals surface area (Å²) >= 11 is 0. The van der Waals surface area contributed by atoms with Crippen LogP contribution in [0.25, 0.3) is 0 Å². The van der Waals surface area contributed by atoms with Crippen molar-refractivity contribution in [2.24, 2.45) is 5.73 Å². The van der Waals surface area contributed by atoms with Gasteiger partial charge in [0, 0.05) is 6.04 Å². The highest BCUT2D eigenvalue weighted by Crippen LogP contribution is 2.26. The van der Waals surface area contributed by atoms with E-state index in [0.717, 1.165) is 5.56 Å². The van der Waals surface area contributed by atoms with Crippen LogP contribution in [-0.2, 0) is 0 Å². The summed E-state index contributed by atoms with van der Waals surface area (Å²) in [6.45, 7) is 4.18. The van der Waals surface area contributed by atoms with Gasteiger partial charge in [0.25, 0.3) is 0 Å². The average Bonchev–Trinajstić information content (AvgIpc) is 2.42. The Balaban J connectivity index is 2.26. The Morgan fingerprint density at radius 3 is 1.63 bits per heavy atom. The van der Waals surface area contributed by atoms with E-state index in [1.165, 1.54) is 16.7 Å². The number of benzene rings is 2. The number of nitrogens with two attached hydrogens (primary N) is 1. The number of nitrogens with one attached hydrogen (secondary N) is 1. The van der Waals surface area contributed by atoms with Crippen molar-refractivity contribution in [3.8, 4) is 0 Å². The van der Waals surface area contributed by atoms with Gasteiger partial charge in [0.15, 0.2) is 0 Å². The highest BCUT2D eigenvalue weighted by molar-refractivity contribution is 5.30. The van der Waals surface area contributed by atoms with E-state index in [2.05, 4.69) is 67.7 Å². The van der Waals surface area contributed by atoms with E-state index in [9.17, 15) is 0 Å². The zero-order valence-electron chi connectivity index (χ0n) is 11.9. The van der Waals surface area contributed by atoms with Crippen LogP contribution in [-0.4, -0.2) is 7.05 Å². The normalized spacial score (nSPS) is 14.1. The maximum Gasteiger partial charge on any atom is 0.0513 e. The maximum absolute atomic E-state index is 6.41. The van der Waals surface area contributed by atoms with Gasteiger partial charge in [-0.3, -0.25) is 0 Å². The third-order valence-electron chi connectivity index (χ3n) is 3.57. The molecule has 19 heavy (non-hydrogen) atoms. The predicted molar refractivity (Wildman–Crippen MR) is 81.1 cm³/mol. The monoisotopic (exact) mass is 254 g/mol. The lowest BCUT2D eigenvalue weighted by Gasteiger charge is -2.24. The summed E-state index contributed by atoms with van der Waals surface area (Å²) in [7, 11) is 1.96. The Labute approximate surface area is 115 Å². The van der Waals surface area contributed by atoms with Gasteiger partial charge in [0.05, 0.1) is 6.04 Å². The largest absolute Gasteiger partial charge is 0.322 e. The molecule has 0 heterocycles. The molecule has 0 saturated carbocycles. The zero-order valence-corrected chi connectivity index (χ0v) is 11.9. The highest BCUT2D eigenvalue weighted by atomic mass is 14.9. The molecule has 100 valence electrons. The molecule has 0 bridgehead atoms. The lowest BCUT2D eigenvalue weighted by molar-refractivity contribution is 0.491. The van der Waals surface area contributed by atoms with Crippen molar-refractivity contribution in [2.75, 3.05) is 7.05 Å². The Bertz CT molecular complexity index is 514. The molecular formula is C17H22N2. The molecule has 0 spiro atoms. The molecule has 2 unspecified atom stereocenters. The van der Waals surface area contributed by atoms with E-state index < -0.39 is 0 Å². The standard InChI is InChI=1S/C17H22N2/c1-12-4-8-14(9-5-12)16(18)17(19-3)15-10-6-13(2)7-11-15/h4-11,16-17,19H,18H2,1-3H3. The van der Waals surface area contributed by atoms with E-state index >= 15 is 0 Å². The number of aryl methyl sites for hydroxylation is 2. The van der Waals surface area contributed by atoms with Crippen LogP contribution < -0.4 is 11.1 Å². The van der Waals surface area contributed by atoms with Gasteiger partial charge in [-0.2, -0.15) is 0 Å². The van der Waals surface area contributed by atoms with Crippen LogP contribution >= 0.6 is 0 Å². The summed E-state index contributed by atoms with van der Waals surface area (Å²) in [5.74, 6) is 0. The molecule has 0 saturated heterocycles. The van der Waals surface area contributed by atoms with Gasteiger partial charge in [0.1, 0.15) is 0 Å². The van der Waals surface area contributed by atoms with E-state index in [0.29, 0.717) is 0 Å². The first-order valence-corrected chi connectivity index (χ1v) is 6.68. The smallest absolute Gasteiger partial charge is 0.0513 e. The molecular weight excluding hydrogens is 232 g/mol. The van der Waals surface area contributed by atoms with Crippen molar-refractivity contribution in [3.63, 3.8) is 0 Å². The minimum absolute atomic E-state index is 0.0479. The van der Waals surface area contributed by atoms with Crippen LogP contribution in [0.3, 0.4) is 0 Å². The van der Waals surface area contributed by atoms with Crippen LogP contribution in [0.5, 0.6) is 0 Å². The summed E-state index contributed by atoms with van der Waals surface area (Å²) < 4.78 is 0. The minimum Gasteiger partial charge on any atom is -0.322 e. The molecule has 2 aromatic carbocycles. The molecule has 0 aliphatic carbocycles. The zero-order chi connectivity index (χ0) is 13.8. The first-order valence-electron chi connectivity index (χ1n) is 6.68. The van der Waals surface area contributed by atoms with Crippen LogP contribution in [0.2, 0.25) is 0 Å². The molecule has 0 aliphatic heterocycles. The second kappa shape index (κ2) is 6.00. The summed E-state index contributed by atoms with van der Waals surface area (Å²) in [5, 5.41) is 3.33. The lowest BCUT2D eigenvalue weighted by atomic mass is 9.93. The molecule has 0 aromatic heterocycles. The first-order chi connectivity index (χ1) is 9.11. The first kappa shape index (κ1) is 13.8. The molecule has 3 N–H and O–H groups in total. The Kier molecular flexibility index (Phi) is 4.35. The number of rotatable bonds is 4. The molecule has 0 amide bonds. The fourth-order valence-corrected chi connectivity index (χ4v) is 2.31. The second-order valence-corrected chi connectivity index (χ2v) is 5.11. The fourth-order valence-electron chi connectivity index (χ4n) is 2.31. The Hall–Kier alpha value is -1.64. The minimum atomic E-state index is -0.0479. The maximum atomic E-state index is 6.41. The highest BCUT2D eigenvalue weighted by Gasteiger charge is 2.19. The molecule has 0 radical (unpaired) electrons. The molecule has 2 nitrogen and oxygen atoms in total. The van der Waals surface area contributed by atoms with E-state index in [1.54, 1.807) is 0 Å². The summed E-state index contributed by atoms with van der Waals surface area (Å²) in [5.41, 5.74) is 11.3. The number of hydrogen-bond acceptors (Lipinski definition) is 2. The Morgan fingerprint density at radius 2 is 1.21 bits per heavy atom. The third-order valence-corrected chi connectivity index (χ3v) is 3.57. The van der Waals surface area contributed by atoms with Gasteiger partial charge in [0.2, 0.25) is 0 Å². The Morgan fingerprint density at radius 1 is 0.789 bits per heavy atom. The quantitative estimate of drug-likeness (QED) is 0.879. The molecule has 2 atom stereocenters. The van der Waals surface area contributed by atoms with Crippen molar-refractivity contribution < 1.29 is 0 Å². The van der Waals surface area contributed by atoms with E-state index in [-0.39, 0.29) is 12.1 Å². The van der Waals surface area contributed by atoms with Crippen LogP contribution in [0.4, 0.5) is 0 Å². The number of hydrogen-bond donors (Lipinski definition) is 2. The van der Waals surface area contributed by atoms with E-state index in [4.69, 9.17) is 5.73 Å². The van der Waals surface area contributed by atoms with Crippen molar-refractivity contribution in [3.05, 3.63) is 70.8 Å². The van der Waals surface area contributed by atoms with E-state index in [1.807, 2.05) is 7.05 Å². The predicted octanol–water partition coefficient (Wildman–Crippen LogP) is 3.26. The van der Waals surface area contributed by atoms with Gasteiger partial charge in [-0.1, -0.05) is 59.7 Å². The van der Waals surface area contributed by atoms with Crippen molar-refractivity contribution in [1.82, 2.24) is 5.32 Å².